The molecular formula is C25H21N3O3S. The van der Waals surface area contributed by atoms with E-state index in [2.05, 4.69) is 27.5 Å². The Morgan fingerprint density at radius 3 is 2.69 bits per heavy atom. The molecule has 1 aromatic heterocycles. The second kappa shape index (κ2) is 10.5. The van der Waals surface area contributed by atoms with Gasteiger partial charge in [-0.25, -0.2) is 0 Å². The predicted octanol–water partition coefficient (Wildman–Crippen LogP) is 4.35. The number of nitrogens with one attached hydrogen (secondary N) is 1. The summed E-state index contributed by atoms with van der Waals surface area (Å²) in [6.07, 6.45) is 5.90. The smallest absolute Gasteiger partial charge is 0.277 e. The number of ether oxygens (including phenoxy) is 1. The molecule has 0 radical (unpaired) electrons. The van der Waals surface area contributed by atoms with E-state index < -0.39 is 0 Å². The number of thioether (sulfide) groups is 1. The quantitative estimate of drug-likeness (QED) is 0.306. The van der Waals surface area contributed by atoms with Crippen LogP contribution in [0.2, 0.25) is 0 Å². The Balaban J connectivity index is 1.23. The molecule has 0 spiro atoms. The summed E-state index contributed by atoms with van der Waals surface area (Å²) in [5.74, 6) is 3.72. The predicted molar refractivity (Wildman–Crippen MR) is 125 cm³/mol. The molecule has 160 valence electrons. The summed E-state index contributed by atoms with van der Waals surface area (Å²) in [5, 5.41) is 13.7. The van der Waals surface area contributed by atoms with Crippen molar-refractivity contribution >= 4 is 28.4 Å². The first-order valence-electron chi connectivity index (χ1n) is 10.1. The minimum Gasteiger partial charge on any atom is -0.481 e. The van der Waals surface area contributed by atoms with Gasteiger partial charge in [-0.05, 0) is 47.0 Å². The zero-order valence-corrected chi connectivity index (χ0v) is 18.1. The van der Waals surface area contributed by atoms with Gasteiger partial charge in [0, 0.05) is 12.1 Å². The maximum atomic E-state index is 12.1. The summed E-state index contributed by atoms with van der Waals surface area (Å²) in [4.78, 5) is 12.1. The average molecular weight is 444 g/mol. The van der Waals surface area contributed by atoms with Gasteiger partial charge in [-0.15, -0.1) is 16.6 Å². The minimum absolute atomic E-state index is 0.0885. The van der Waals surface area contributed by atoms with Crippen LogP contribution in [0.4, 0.5) is 0 Å². The number of amides is 1. The van der Waals surface area contributed by atoms with Crippen LogP contribution in [0.25, 0.3) is 22.2 Å². The topological polar surface area (TPSA) is 77.2 Å². The van der Waals surface area contributed by atoms with Gasteiger partial charge in [0.2, 0.25) is 11.8 Å². The molecule has 0 saturated carbocycles. The van der Waals surface area contributed by atoms with Gasteiger partial charge >= 0.3 is 0 Å². The van der Waals surface area contributed by atoms with Gasteiger partial charge in [-0.3, -0.25) is 4.79 Å². The van der Waals surface area contributed by atoms with Crippen molar-refractivity contribution < 1.29 is 13.9 Å². The number of hydrogen-bond acceptors (Lipinski definition) is 6. The average Bonchev–Trinajstić information content (AvgIpc) is 3.31. The fourth-order valence-electron chi connectivity index (χ4n) is 3.11. The number of aromatic nitrogens is 2. The third-order valence-electron chi connectivity index (χ3n) is 4.71. The SMILES string of the molecule is C#CCOc1ccc(CCNC(=O)CSc2nnc(-c3ccc4ccccc4c3)o2)cc1. The second-order valence-corrected chi connectivity index (χ2v) is 7.89. The molecule has 0 fully saturated rings. The lowest BCUT2D eigenvalue weighted by atomic mass is 10.1. The molecule has 0 aliphatic carbocycles. The van der Waals surface area contributed by atoms with E-state index in [4.69, 9.17) is 15.6 Å². The molecule has 7 heteroatoms. The van der Waals surface area contributed by atoms with Crippen molar-refractivity contribution in [2.24, 2.45) is 0 Å². The number of hydrogen-bond donors (Lipinski definition) is 1. The molecule has 0 saturated heterocycles. The Kier molecular flexibility index (Phi) is 7.05. The first-order valence-corrected chi connectivity index (χ1v) is 11.1. The van der Waals surface area contributed by atoms with Crippen molar-refractivity contribution in [2.45, 2.75) is 11.6 Å². The van der Waals surface area contributed by atoms with Crippen LogP contribution in [-0.4, -0.2) is 35.0 Å². The van der Waals surface area contributed by atoms with E-state index in [-0.39, 0.29) is 18.3 Å². The molecule has 0 unspecified atom stereocenters. The van der Waals surface area contributed by atoms with Crippen molar-refractivity contribution in [3.63, 3.8) is 0 Å². The van der Waals surface area contributed by atoms with Gasteiger partial charge in [-0.1, -0.05) is 60.1 Å². The molecule has 0 atom stereocenters. The molecule has 3 aromatic carbocycles. The second-order valence-electron chi connectivity index (χ2n) is 6.96. The Morgan fingerprint density at radius 1 is 1.06 bits per heavy atom. The zero-order chi connectivity index (χ0) is 22.2. The molecule has 1 heterocycles. The number of rotatable bonds is 9. The summed E-state index contributed by atoms with van der Waals surface area (Å²) >= 11 is 1.22. The van der Waals surface area contributed by atoms with Crippen molar-refractivity contribution in [1.82, 2.24) is 15.5 Å². The first-order chi connectivity index (χ1) is 15.7. The molecular weight excluding hydrogens is 422 g/mol. The van der Waals surface area contributed by atoms with Crippen molar-refractivity contribution in [3.8, 4) is 29.5 Å². The Hall–Kier alpha value is -3.76. The molecule has 32 heavy (non-hydrogen) atoms. The van der Waals surface area contributed by atoms with Gasteiger partial charge in [0.05, 0.1) is 5.75 Å². The number of carbonyl (C=O) groups excluding carboxylic acids is 1. The first kappa shape index (κ1) is 21.5. The molecule has 1 amide bonds. The van der Waals surface area contributed by atoms with Crippen molar-refractivity contribution in [2.75, 3.05) is 18.9 Å². The van der Waals surface area contributed by atoms with Crippen LogP contribution >= 0.6 is 11.8 Å². The van der Waals surface area contributed by atoms with Gasteiger partial charge in [0.15, 0.2) is 0 Å². The maximum absolute atomic E-state index is 12.1. The third kappa shape index (κ3) is 5.68. The van der Waals surface area contributed by atoms with E-state index in [9.17, 15) is 4.79 Å². The van der Waals surface area contributed by atoms with Crippen LogP contribution in [0.3, 0.4) is 0 Å². The van der Waals surface area contributed by atoms with E-state index >= 15 is 0 Å². The zero-order valence-electron chi connectivity index (χ0n) is 17.3. The van der Waals surface area contributed by atoms with Gasteiger partial charge in [0.1, 0.15) is 12.4 Å². The van der Waals surface area contributed by atoms with Crippen LogP contribution in [0, 0.1) is 12.3 Å². The number of benzene rings is 3. The van der Waals surface area contributed by atoms with Gasteiger partial charge in [-0.2, -0.15) is 0 Å². The lowest BCUT2D eigenvalue weighted by Gasteiger charge is -2.06. The van der Waals surface area contributed by atoms with E-state index in [0.29, 0.717) is 17.7 Å². The Labute approximate surface area is 190 Å². The van der Waals surface area contributed by atoms with Crippen LogP contribution in [0.1, 0.15) is 5.56 Å². The third-order valence-corrected chi connectivity index (χ3v) is 5.53. The number of carbonyl (C=O) groups is 1. The molecule has 6 nitrogen and oxygen atoms in total. The highest BCUT2D eigenvalue weighted by Crippen LogP contribution is 2.26. The maximum Gasteiger partial charge on any atom is 0.277 e. The highest BCUT2D eigenvalue weighted by Gasteiger charge is 2.11. The molecule has 0 aliphatic rings. The van der Waals surface area contributed by atoms with Gasteiger partial charge in [0.25, 0.3) is 5.22 Å². The van der Waals surface area contributed by atoms with E-state index in [1.807, 2.05) is 60.7 Å². The number of fused-ring (bicyclic) bond motifs is 1. The molecule has 4 rings (SSSR count). The Bertz CT molecular complexity index is 1250. The van der Waals surface area contributed by atoms with Crippen molar-refractivity contribution in [1.29, 1.82) is 0 Å². The molecule has 1 N–H and O–H groups in total. The minimum atomic E-state index is -0.0885. The van der Waals surface area contributed by atoms with Crippen LogP contribution < -0.4 is 10.1 Å². The summed E-state index contributed by atoms with van der Waals surface area (Å²) in [5.41, 5.74) is 1.95. The standard InChI is InChI=1S/C25H21N3O3S/c1-2-15-30-22-11-7-18(8-12-22)13-14-26-23(29)17-32-25-28-27-24(31-25)21-10-9-19-5-3-4-6-20(19)16-21/h1,3-12,16H,13-15,17H2,(H,26,29). The van der Waals surface area contributed by atoms with E-state index in [1.165, 1.54) is 11.8 Å². The van der Waals surface area contributed by atoms with Gasteiger partial charge < -0.3 is 14.5 Å². The summed E-state index contributed by atoms with van der Waals surface area (Å²) in [6, 6.07) is 21.7. The number of terminal acetylenes is 1. The number of nitrogens with zero attached hydrogens (tertiary/aromatic N) is 2. The normalized spacial score (nSPS) is 10.6. The highest BCUT2D eigenvalue weighted by molar-refractivity contribution is 7.99. The van der Waals surface area contributed by atoms with Crippen LogP contribution in [-0.2, 0) is 11.2 Å². The Morgan fingerprint density at radius 2 is 1.88 bits per heavy atom. The monoisotopic (exact) mass is 443 g/mol. The largest absolute Gasteiger partial charge is 0.481 e. The molecule has 4 aromatic rings. The summed E-state index contributed by atoms with van der Waals surface area (Å²) in [7, 11) is 0. The van der Waals surface area contributed by atoms with E-state index in [0.717, 1.165) is 34.1 Å². The summed E-state index contributed by atoms with van der Waals surface area (Å²) in [6.45, 7) is 0.785. The lowest BCUT2D eigenvalue weighted by molar-refractivity contribution is -0.118. The fraction of sp³-hybridized carbons (Fsp3) is 0.160. The van der Waals surface area contributed by atoms with Crippen LogP contribution in [0.5, 0.6) is 5.75 Å². The lowest BCUT2D eigenvalue weighted by Crippen LogP contribution is -2.27. The molecule has 0 aliphatic heterocycles. The van der Waals surface area contributed by atoms with Crippen LogP contribution in [0.15, 0.2) is 76.4 Å². The fourth-order valence-corrected chi connectivity index (χ4v) is 3.70. The highest BCUT2D eigenvalue weighted by atomic mass is 32.2. The van der Waals surface area contributed by atoms with E-state index in [1.54, 1.807) is 0 Å². The molecule has 0 bridgehead atoms. The van der Waals surface area contributed by atoms with Crippen molar-refractivity contribution in [3.05, 3.63) is 72.3 Å². The summed E-state index contributed by atoms with van der Waals surface area (Å²) < 4.78 is 11.1.